The lowest BCUT2D eigenvalue weighted by atomic mass is 10.2. The highest BCUT2D eigenvalue weighted by molar-refractivity contribution is 7.91. The molecule has 0 aromatic heterocycles. The molecule has 1 aromatic rings. The first kappa shape index (κ1) is 13.9. The molecule has 0 saturated heterocycles. The quantitative estimate of drug-likeness (QED) is 0.832. The van der Waals surface area contributed by atoms with Crippen molar-refractivity contribution in [1.29, 1.82) is 0 Å². The molecule has 2 N–H and O–H groups in total. The number of halogens is 1. The zero-order valence-electron chi connectivity index (χ0n) is 9.65. The van der Waals surface area contributed by atoms with E-state index in [9.17, 15) is 12.8 Å². The maximum Gasteiger partial charge on any atom is 0.153 e. The van der Waals surface area contributed by atoms with Crippen LogP contribution in [0.15, 0.2) is 18.2 Å². The lowest BCUT2D eigenvalue weighted by molar-refractivity contribution is 0.334. The van der Waals surface area contributed by atoms with E-state index >= 15 is 0 Å². The van der Waals surface area contributed by atoms with E-state index in [1.54, 1.807) is 13.0 Å². The fourth-order valence-electron chi connectivity index (χ4n) is 1.30. The Hall–Kier alpha value is -1.14. The molecular formula is C11H16FNO3S. The average Bonchev–Trinajstić information content (AvgIpc) is 2.29. The van der Waals surface area contributed by atoms with E-state index < -0.39 is 15.7 Å². The second-order valence-corrected chi connectivity index (χ2v) is 5.98. The monoisotopic (exact) mass is 261 g/mol. The number of hydrogen-bond donors (Lipinski definition) is 1. The third kappa shape index (κ3) is 3.98. The van der Waals surface area contributed by atoms with Crippen molar-refractivity contribution in [2.45, 2.75) is 13.5 Å². The number of nitrogens with two attached hydrogens (primary N) is 1. The third-order valence-corrected chi connectivity index (χ3v) is 4.04. The molecule has 0 atom stereocenters. The SMILES string of the molecule is CCS(=O)(=O)CCOc1cccc(F)c1CN. The molecule has 0 amide bonds. The van der Waals surface area contributed by atoms with Crippen LogP contribution in [0.25, 0.3) is 0 Å². The topological polar surface area (TPSA) is 69.4 Å². The van der Waals surface area contributed by atoms with Gasteiger partial charge >= 0.3 is 0 Å². The van der Waals surface area contributed by atoms with Crippen LogP contribution in [-0.2, 0) is 16.4 Å². The van der Waals surface area contributed by atoms with Gasteiger partial charge in [0.15, 0.2) is 9.84 Å². The first-order chi connectivity index (χ1) is 8.00. The van der Waals surface area contributed by atoms with Crippen molar-refractivity contribution in [2.75, 3.05) is 18.1 Å². The van der Waals surface area contributed by atoms with Gasteiger partial charge in [-0.2, -0.15) is 0 Å². The van der Waals surface area contributed by atoms with Crippen molar-refractivity contribution in [2.24, 2.45) is 5.73 Å². The Labute approximate surface area is 101 Å². The summed E-state index contributed by atoms with van der Waals surface area (Å²) in [7, 11) is -3.07. The van der Waals surface area contributed by atoms with Crippen molar-refractivity contribution < 1.29 is 17.5 Å². The van der Waals surface area contributed by atoms with E-state index in [0.717, 1.165) is 0 Å². The van der Waals surface area contributed by atoms with Crippen LogP contribution in [0.2, 0.25) is 0 Å². The smallest absolute Gasteiger partial charge is 0.153 e. The molecule has 0 radical (unpaired) electrons. The van der Waals surface area contributed by atoms with Crippen LogP contribution in [-0.4, -0.2) is 26.5 Å². The van der Waals surface area contributed by atoms with E-state index in [0.29, 0.717) is 5.75 Å². The molecule has 0 bridgehead atoms. The van der Waals surface area contributed by atoms with Gasteiger partial charge in [0.1, 0.15) is 18.2 Å². The van der Waals surface area contributed by atoms with E-state index in [4.69, 9.17) is 10.5 Å². The summed E-state index contributed by atoms with van der Waals surface area (Å²) in [6, 6.07) is 4.36. The molecular weight excluding hydrogens is 245 g/mol. The van der Waals surface area contributed by atoms with Crippen molar-refractivity contribution in [3.05, 3.63) is 29.6 Å². The highest BCUT2D eigenvalue weighted by atomic mass is 32.2. The van der Waals surface area contributed by atoms with E-state index in [1.165, 1.54) is 12.1 Å². The molecule has 96 valence electrons. The van der Waals surface area contributed by atoms with E-state index in [2.05, 4.69) is 0 Å². The second kappa shape index (κ2) is 5.97. The number of sulfone groups is 1. The molecule has 0 aliphatic rings. The van der Waals surface area contributed by atoms with Gasteiger partial charge in [-0.05, 0) is 12.1 Å². The minimum atomic E-state index is -3.07. The highest BCUT2D eigenvalue weighted by Crippen LogP contribution is 2.20. The molecule has 4 nitrogen and oxygen atoms in total. The standard InChI is InChI=1S/C11H16FNO3S/c1-2-17(14,15)7-6-16-11-5-3-4-10(12)9(11)8-13/h3-5H,2,6-8,13H2,1H3. The minimum absolute atomic E-state index is 0.00657. The zero-order chi connectivity index (χ0) is 12.9. The van der Waals surface area contributed by atoms with Crippen LogP contribution in [0.3, 0.4) is 0 Å². The van der Waals surface area contributed by atoms with Gasteiger partial charge in [-0.25, -0.2) is 12.8 Å². The van der Waals surface area contributed by atoms with E-state index in [-0.39, 0.29) is 30.2 Å². The van der Waals surface area contributed by atoms with Gasteiger partial charge in [-0.15, -0.1) is 0 Å². The molecule has 0 spiro atoms. The molecule has 0 unspecified atom stereocenters. The van der Waals surface area contributed by atoms with Crippen molar-refractivity contribution >= 4 is 9.84 Å². The molecule has 6 heteroatoms. The summed E-state index contributed by atoms with van der Waals surface area (Å²) in [4.78, 5) is 0. The van der Waals surface area contributed by atoms with Crippen LogP contribution in [0.4, 0.5) is 4.39 Å². The Kier molecular flexibility index (Phi) is 4.89. The van der Waals surface area contributed by atoms with Crippen LogP contribution < -0.4 is 10.5 Å². The molecule has 0 saturated carbocycles. The summed E-state index contributed by atoms with van der Waals surface area (Å²) in [6.07, 6.45) is 0. The average molecular weight is 261 g/mol. The maximum atomic E-state index is 13.3. The fourth-order valence-corrected chi connectivity index (χ4v) is 1.92. The summed E-state index contributed by atoms with van der Waals surface area (Å²) in [5.74, 6) is -0.144. The minimum Gasteiger partial charge on any atom is -0.492 e. The van der Waals surface area contributed by atoms with Gasteiger partial charge in [-0.3, -0.25) is 0 Å². The van der Waals surface area contributed by atoms with Gasteiger partial charge in [-0.1, -0.05) is 13.0 Å². The van der Waals surface area contributed by atoms with Gasteiger partial charge in [0.2, 0.25) is 0 Å². The zero-order valence-corrected chi connectivity index (χ0v) is 10.5. The van der Waals surface area contributed by atoms with Crippen molar-refractivity contribution in [3.63, 3.8) is 0 Å². The first-order valence-electron chi connectivity index (χ1n) is 5.31. The Bertz CT molecular complexity index is 474. The normalized spacial score (nSPS) is 11.5. The first-order valence-corrected chi connectivity index (χ1v) is 7.13. The molecule has 1 aromatic carbocycles. The van der Waals surface area contributed by atoms with Gasteiger partial charge in [0.25, 0.3) is 0 Å². The van der Waals surface area contributed by atoms with Gasteiger partial charge < -0.3 is 10.5 Å². The Morgan fingerprint density at radius 2 is 2.12 bits per heavy atom. The maximum absolute atomic E-state index is 13.3. The van der Waals surface area contributed by atoms with Gasteiger partial charge in [0.05, 0.1) is 5.75 Å². The third-order valence-electron chi connectivity index (χ3n) is 2.37. The molecule has 0 aliphatic heterocycles. The lowest BCUT2D eigenvalue weighted by Crippen LogP contribution is -2.16. The molecule has 0 fully saturated rings. The summed E-state index contributed by atoms with van der Waals surface area (Å²) in [6.45, 7) is 1.60. The lowest BCUT2D eigenvalue weighted by Gasteiger charge is -2.10. The van der Waals surface area contributed by atoms with Gasteiger partial charge in [0, 0.05) is 17.9 Å². The van der Waals surface area contributed by atoms with Crippen LogP contribution in [0, 0.1) is 5.82 Å². The second-order valence-electron chi connectivity index (χ2n) is 3.51. The van der Waals surface area contributed by atoms with Crippen molar-refractivity contribution in [3.8, 4) is 5.75 Å². The summed E-state index contributed by atoms with van der Waals surface area (Å²) in [5.41, 5.74) is 5.66. The largest absolute Gasteiger partial charge is 0.492 e. The number of ether oxygens (including phenoxy) is 1. The van der Waals surface area contributed by atoms with Crippen LogP contribution in [0.1, 0.15) is 12.5 Å². The van der Waals surface area contributed by atoms with Crippen molar-refractivity contribution in [1.82, 2.24) is 0 Å². The fraction of sp³-hybridized carbons (Fsp3) is 0.455. The molecule has 0 heterocycles. The van der Waals surface area contributed by atoms with Crippen LogP contribution in [0.5, 0.6) is 5.75 Å². The highest BCUT2D eigenvalue weighted by Gasteiger charge is 2.10. The van der Waals surface area contributed by atoms with Crippen LogP contribution >= 0.6 is 0 Å². The predicted octanol–water partition coefficient (Wildman–Crippen LogP) is 1.10. The summed E-state index contributed by atoms with van der Waals surface area (Å²) < 4.78 is 41.0. The number of hydrogen-bond acceptors (Lipinski definition) is 4. The Morgan fingerprint density at radius 1 is 1.41 bits per heavy atom. The molecule has 17 heavy (non-hydrogen) atoms. The number of rotatable bonds is 6. The Morgan fingerprint density at radius 3 is 2.71 bits per heavy atom. The Balaban J connectivity index is 2.67. The summed E-state index contributed by atoms with van der Waals surface area (Å²) >= 11 is 0. The number of benzene rings is 1. The van der Waals surface area contributed by atoms with E-state index in [1.807, 2.05) is 0 Å². The summed E-state index contributed by atoms with van der Waals surface area (Å²) in [5, 5.41) is 0. The molecule has 0 aliphatic carbocycles. The molecule has 1 rings (SSSR count). The predicted molar refractivity (Wildman–Crippen MR) is 64.1 cm³/mol.